The molecule has 1 aromatic heterocycles. The number of halogens is 2. The molecule has 220 valence electrons. The Kier molecular flexibility index (Phi) is 9.62. The number of carbonyl (C=O) groups is 2. The van der Waals surface area contributed by atoms with Crippen molar-refractivity contribution in [1.82, 2.24) is 13.7 Å². The summed E-state index contributed by atoms with van der Waals surface area (Å²) < 4.78 is 49.1. The van der Waals surface area contributed by atoms with Gasteiger partial charge < -0.3 is 4.74 Å². The van der Waals surface area contributed by atoms with Crippen LogP contribution in [0, 0.1) is 5.82 Å². The minimum absolute atomic E-state index is 0.0605. The molecule has 2 aromatic carbocycles. The molecule has 0 bridgehead atoms. The van der Waals surface area contributed by atoms with Crippen LogP contribution in [0.3, 0.4) is 0 Å². The highest BCUT2D eigenvalue weighted by molar-refractivity contribution is 8.00. The van der Waals surface area contributed by atoms with E-state index in [1.165, 1.54) is 13.2 Å². The Morgan fingerprint density at radius 3 is 2.56 bits per heavy atom. The number of thioether (sulfide) groups is 1. The summed E-state index contributed by atoms with van der Waals surface area (Å²) in [6.07, 6.45) is 1.90. The van der Waals surface area contributed by atoms with Gasteiger partial charge in [0.15, 0.2) is 0 Å². The second-order valence-corrected chi connectivity index (χ2v) is 13.1. The molecule has 11 nitrogen and oxygen atoms in total. The fraction of sp³-hybridized carbons (Fsp3) is 0.360. The molecule has 0 aliphatic carbocycles. The quantitative estimate of drug-likeness (QED) is 0.328. The summed E-state index contributed by atoms with van der Waals surface area (Å²) in [6, 6.07) is 8.80. The van der Waals surface area contributed by atoms with Crippen molar-refractivity contribution >= 4 is 68.2 Å². The molecule has 5 rings (SSSR count). The zero-order valence-corrected chi connectivity index (χ0v) is 25.5. The Labute approximate surface area is 248 Å². The molecule has 0 spiro atoms. The number of anilines is 1. The zero-order valence-electron chi connectivity index (χ0n) is 22.3. The van der Waals surface area contributed by atoms with Gasteiger partial charge in [0, 0.05) is 24.0 Å². The Morgan fingerprint density at radius 2 is 1.88 bits per heavy atom. The molecule has 0 atom stereocenters. The predicted molar refractivity (Wildman–Crippen MR) is 155 cm³/mol. The van der Waals surface area contributed by atoms with Crippen LogP contribution in [0.25, 0.3) is 0 Å². The summed E-state index contributed by atoms with van der Waals surface area (Å²) in [6.45, 7) is 4.64. The number of benzene rings is 2. The molecule has 41 heavy (non-hydrogen) atoms. The predicted octanol–water partition coefficient (Wildman–Crippen LogP) is 4.00. The molecule has 0 unspecified atom stereocenters. The number of para-hydroxylation sites is 1. The van der Waals surface area contributed by atoms with E-state index in [9.17, 15) is 27.2 Å². The normalized spacial score (nSPS) is 15.9. The van der Waals surface area contributed by atoms with Gasteiger partial charge in [-0.3, -0.25) is 23.8 Å². The number of fused-ring (bicyclic) bond motifs is 2. The third kappa shape index (κ3) is 6.85. The van der Waals surface area contributed by atoms with E-state index in [4.69, 9.17) is 11.6 Å². The number of amides is 1. The largest absolute Gasteiger partial charge is 0.468 e. The van der Waals surface area contributed by atoms with Crippen LogP contribution in [0.1, 0.15) is 37.0 Å². The number of nitrogens with one attached hydrogen (secondary N) is 1. The number of aromatic nitrogens is 2. The molecular formula is C25H27ClFN5O6S3. The van der Waals surface area contributed by atoms with Crippen molar-refractivity contribution in [2.75, 3.05) is 17.6 Å². The maximum absolute atomic E-state index is 14.3. The molecule has 0 saturated carbocycles. The molecule has 2 aliphatic heterocycles. The first-order valence-corrected chi connectivity index (χ1v) is 16.0. The van der Waals surface area contributed by atoms with Crippen molar-refractivity contribution < 1.29 is 27.1 Å². The lowest BCUT2D eigenvalue weighted by Crippen LogP contribution is -2.48. The van der Waals surface area contributed by atoms with Gasteiger partial charge >= 0.3 is 21.1 Å². The highest BCUT2D eigenvalue weighted by Gasteiger charge is 2.36. The second-order valence-electron chi connectivity index (χ2n) is 9.16. The summed E-state index contributed by atoms with van der Waals surface area (Å²) in [7, 11) is -2.45. The number of esters is 1. The maximum atomic E-state index is 14.3. The number of rotatable bonds is 5. The highest BCUT2D eigenvalue weighted by atomic mass is 35.5. The Bertz CT molecular complexity index is 1720. The second kappa shape index (κ2) is 12.8. The Morgan fingerprint density at radius 1 is 1.20 bits per heavy atom. The van der Waals surface area contributed by atoms with Crippen molar-refractivity contribution in [2.24, 2.45) is 4.99 Å². The van der Waals surface area contributed by atoms with Gasteiger partial charge in [0.25, 0.3) is 5.91 Å². The van der Waals surface area contributed by atoms with Gasteiger partial charge in [-0.15, -0.1) is 11.8 Å². The van der Waals surface area contributed by atoms with Crippen LogP contribution in [0.15, 0.2) is 51.1 Å². The van der Waals surface area contributed by atoms with E-state index in [-0.39, 0.29) is 21.3 Å². The molecule has 0 fully saturated rings. The van der Waals surface area contributed by atoms with Crippen LogP contribution in [0.2, 0.25) is 5.02 Å². The van der Waals surface area contributed by atoms with E-state index in [0.717, 1.165) is 46.3 Å². The number of methoxy groups -OCH3 is 1. The number of hydrogen-bond acceptors (Lipinski definition) is 9. The maximum Gasteiger partial charge on any atom is 0.326 e. The summed E-state index contributed by atoms with van der Waals surface area (Å²) in [5.41, 5.74) is 0.801. The van der Waals surface area contributed by atoms with Crippen molar-refractivity contribution in [3.8, 4) is 0 Å². The van der Waals surface area contributed by atoms with Gasteiger partial charge in [-0.25, -0.2) is 18.4 Å². The van der Waals surface area contributed by atoms with Gasteiger partial charge in [-0.1, -0.05) is 23.7 Å². The zero-order chi connectivity index (χ0) is 29.9. The monoisotopic (exact) mass is 643 g/mol. The molecule has 1 N–H and O–H groups in total. The average Bonchev–Trinajstić information content (AvgIpc) is 3.24. The number of hydrogen-bond donors (Lipinski definition) is 1. The van der Waals surface area contributed by atoms with Gasteiger partial charge in [0.05, 0.1) is 29.1 Å². The van der Waals surface area contributed by atoms with Crippen molar-refractivity contribution in [3.05, 3.63) is 67.3 Å². The van der Waals surface area contributed by atoms with Crippen molar-refractivity contribution in [2.45, 2.75) is 50.7 Å². The van der Waals surface area contributed by atoms with Crippen molar-refractivity contribution in [1.29, 1.82) is 0 Å². The SMILES string of the molecule is CC(C)N1C(=O)c2ccccc2NS1(=O)=O.COC(=O)CSc1cc(N=c2sc(=O)n3n2CCCC3)c(F)cc1Cl. The van der Waals surface area contributed by atoms with Crippen LogP contribution in [0.4, 0.5) is 15.8 Å². The molecule has 16 heteroatoms. The third-order valence-corrected chi connectivity index (χ3v) is 9.91. The van der Waals surface area contributed by atoms with Gasteiger partial charge in [0.2, 0.25) is 4.80 Å². The lowest BCUT2D eigenvalue weighted by atomic mass is 10.1. The first-order valence-electron chi connectivity index (χ1n) is 12.4. The van der Waals surface area contributed by atoms with Gasteiger partial charge in [-0.05, 0) is 62.3 Å². The van der Waals surface area contributed by atoms with E-state index < -0.39 is 33.9 Å². The average molecular weight is 644 g/mol. The van der Waals surface area contributed by atoms with Crippen LogP contribution in [-0.4, -0.2) is 52.9 Å². The lowest BCUT2D eigenvalue weighted by Gasteiger charge is -2.31. The standard InChI is InChI=1S/C15H15ClFN3O3S2.C10H12N2O3S/c1-23-13(21)8-24-12-7-11(10(17)6-9(12)16)18-14-19-4-2-3-5-20(19)15(22)25-14;1-7(2)12-10(13)8-5-3-4-6-9(8)11-16(12,14)15/h6-7H,2-5,8H2,1H3;3-7,11H,1-2H3. The molecule has 0 saturated heterocycles. The van der Waals surface area contributed by atoms with E-state index >= 15 is 0 Å². The van der Waals surface area contributed by atoms with E-state index in [2.05, 4.69) is 14.5 Å². The number of carbonyl (C=O) groups excluding carboxylic acids is 2. The lowest BCUT2D eigenvalue weighted by molar-refractivity contribution is -0.137. The number of nitrogens with zero attached hydrogens (tertiary/aromatic N) is 4. The van der Waals surface area contributed by atoms with Gasteiger partial charge in [-0.2, -0.15) is 8.42 Å². The fourth-order valence-electron chi connectivity index (χ4n) is 4.12. The minimum Gasteiger partial charge on any atom is -0.468 e. The number of ether oxygens (including phenoxy) is 1. The molecule has 3 aromatic rings. The third-order valence-electron chi connectivity index (χ3n) is 6.01. The molecule has 1 amide bonds. The van der Waals surface area contributed by atoms with Crippen LogP contribution in [-0.2, 0) is 32.8 Å². The summed E-state index contributed by atoms with van der Waals surface area (Å²) in [4.78, 5) is 40.5. The van der Waals surface area contributed by atoms with E-state index in [0.29, 0.717) is 34.0 Å². The highest BCUT2D eigenvalue weighted by Crippen LogP contribution is 2.33. The fourth-order valence-corrected chi connectivity index (χ4v) is 7.53. The first-order chi connectivity index (χ1) is 19.4. The summed E-state index contributed by atoms with van der Waals surface area (Å²) in [5.74, 6) is -1.41. The molecular weight excluding hydrogens is 617 g/mol. The van der Waals surface area contributed by atoms with Crippen LogP contribution < -0.4 is 14.4 Å². The molecule has 2 aliphatic rings. The topological polar surface area (TPSA) is 132 Å². The van der Waals surface area contributed by atoms with Crippen LogP contribution >= 0.6 is 34.7 Å². The smallest absolute Gasteiger partial charge is 0.326 e. The van der Waals surface area contributed by atoms with Crippen molar-refractivity contribution in [3.63, 3.8) is 0 Å². The molecule has 0 radical (unpaired) electrons. The molecule has 3 heterocycles. The van der Waals surface area contributed by atoms with Gasteiger partial charge in [0.1, 0.15) is 11.5 Å². The Balaban J connectivity index is 0.000000208. The van der Waals surface area contributed by atoms with E-state index in [1.54, 1.807) is 47.5 Å². The summed E-state index contributed by atoms with van der Waals surface area (Å²) in [5, 5.41) is 0.199. The van der Waals surface area contributed by atoms with E-state index in [1.807, 2.05) is 0 Å². The summed E-state index contributed by atoms with van der Waals surface area (Å²) >= 11 is 8.17. The minimum atomic E-state index is -3.75. The first kappa shape index (κ1) is 30.8. The van der Waals surface area contributed by atoms with Crippen LogP contribution in [0.5, 0.6) is 0 Å². The Hall–Kier alpha value is -3.14.